The summed E-state index contributed by atoms with van der Waals surface area (Å²) >= 11 is 1.88. The molecule has 3 aromatic rings. The van der Waals surface area contributed by atoms with Gasteiger partial charge in [0.2, 0.25) is 0 Å². The molecule has 0 amide bonds. The van der Waals surface area contributed by atoms with E-state index in [1.54, 1.807) is 0 Å². The van der Waals surface area contributed by atoms with Crippen LogP contribution in [0.4, 0.5) is 0 Å². The lowest BCUT2D eigenvalue weighted by Crippen LogP contribution is -2.41. The van der Waals surface area contributed by atoms with Gasteiger partial charge in [-0.05, 0) is 54.9 Å². The number of thiophene rings is 1. The molecule has 1 aliphatic heterocycles. The van der Waals surface area contributed by atoms with Gasteiger partial charge in [-0.1, -0.05) is 48.5 Å². The third-order valence-electron chi connectivity index (χ3n) is 5.55. The molecule has 158 valence electrons. The Balaban J connectivity index is 1.28. The monoisotopic (exact) mass is 426 g/mol. The predicted molar refractivity (Wildman–Crippen MR) is 118 cm³/mol. The molecule has 30 heavy (non-hydrogen) atoms. The lowest BCUT2D eigenvalue weighted by Gasteiger charge is -2.33. The van der Waals surface area contributed by atoms with Gasteiger partial charge < -0.3 is 14.5 Å². The highest BCUT2D eigenvalue weighted by atomic mass is 32.1. The summed E-state index contributed by atoms with van der Waals surface area (Å²) in [6.45, 7) is 2.96. The second-order valence-electron chi connectivity index (χ2n) is 7.71. The lowest BCUT2D eigenvalue weighted by atomic mass is 9.95. The summed E-state index contributed by atoms with van der Waals surface area (Å²) in [6, 6.07) is 20.6. The second kappa shape index (κ2) is 10.0. The number of fused-ring (bicyclic) bond motifs is 1. The van der Waals surface area contributed by atoms with Crippen LogP contribution in [0.5, 0.6) is 0 Å². The molecule has 1 saturated heterocycles. The van der Waals surface area contributed by atoms with Crippen molar-refractivity contribution < 1.29 is 14.7 Å². The Morgan fingerprint density at radius 3 is 2.57 bits per heavy atom. The van der Waals surface area contributed by atoms with Crippen LogP contribution in [-0.4, -0.2) is 42.3 Å². The molecule has 1 aromatic heterocycles. The minimum Gasteiger partial charge on any atom is -0.374 e. The maximum absolute atomic E-state index is 10.9. The number of likely N-dealkylation sites (tertiary alicyclic amines) is 1. The molecule has 4 rings (SSSR count). The summed E-state index contributed by atoms with van der Waals surface area (Å²) in [5, 5.41) is 11.5. The minimum absolute atomic E-state index is 0.201. The van der Waals surface area contributed by atoms with Crippen molar-refractivity contribution in [2.75, 3.05) is 26.2 Å². The Morgan fingerprint density at radius 2 is 1.83 bits per heavy atom. The summed E-state index contributed by atoms with van der Waals surface area (Å²) < 4.78 is 7.03. The van der Waals surface area contributed by atoms with Crippen molar-refractivity contribution in [3.8, 4) is 0 Å². The molecule has 6 nitrogen and oxygen atoms in total. The summed E-state index contributed by atoms with van der Waals surface area (Å²) in [7, 11) is 0. The van der Waals surface area contributed by atoms with Crippen molar-refractivity contribution in [2.45, 2.75) is 31.5 Å². The van der Waals surface area contributed by atoms with E-state index in [0.29, 0.717) is 19.1 Å². The van der Waals surface area contributed by atoms with Crippen molar-refractivity contribution in [3.05, 3.63) is 81.2 Å². The molecule has 0 unspecified atom stereocenters. The maximum atomic E-state index is 10.9. The Morgan fingerprint density at radius 1 is 1.10 bits per heavy atom. The molecule has 0 spiro atoms. The van der Waals surface area contributed by atoms with E-state index in [1.807, 2.05) is 41.7 Å². The van der Waals surface area contributed by atoms with Gasteiger partial charge in [0.1, 0.15) is 6.10 Å². The molecule has 2 heterocycles. The van der Waals surface area contributed by atoms with Crippen molar-refractivity contribution in [3.63, 3.8) is 0 Å². The van der Waals surface area contributed by atoms with Crippen molar-refractivity contribution in [1.29, 1.82) is 0 Å². The number of ether oxygens (including phenoxy) is 1. The zero-order valence-corrected chi connectivity index (χ0v) is 17.6. The van der Waals surface area contributed by atoms with E-state index in [4.69, 9.17) is 9.57 Å². The summed E-state index contributed by atoms with van der Waals surface area (Å²) in [5.74, 6) is 0.558. The van der Waals surface area contributed by atoms with Crippen LogP contribution in [-0.2, 0) is 16.2 Å². The number of nitrogens with zero attached hydrogens (tertiary/aromatic N) is 2. The quantitative estimate of drug-likeness (QED) is 0.361. The number of rotatable bonds is 9. The molecule has 0 radical (unpaired) electrons. The number of piperidine rings is 1. The van der Waals surface area contributed by atoms with Gasteiger partial charge in [0.25, 0.3) is 5.09 Å². The van der Waals surface area contributed by atoms with Crippen LogP contribution in [0.3, 0.4) is 0 Å². The number of benzene rings is 2. The fourth-order valence-electron chi connectivity index (χ4n) is 4.01. The van der Waals surface area contributed by atoms with Gasteiger partial charge in [0, 0.05) is 16.1 Å². The van der Waals surface area contributed by atoms with Crippen LogP contribution in [0.15, 0.2) is 60.7 Å². The van der Waals surface area contributed by atoms with Crippen molar-refractivity contribution >= 4 is 21.4 Å². The molecule has 0 bridgehead atoms. The highest BCUT2D eigenvalue weighted by molar-refractivity contribution is 7.19. The van der Waals surface area contributed by atoms with E-state index in [9.17, 15) is 10.1 Å². The van der Waals surface area contributed by atoms with Crippen LogP contribution >= 0.6 is 11.3 Å². The first-order valence-electron chi connectivity index (χ1n) is 10.3. The topological polar surface area (TPSA) is 64.8 Å². The average molecular weight is 427 g/mol. The molecule has 2 aromatic carbocycles. The normalized spacial score (nSPS) is 16.5. The first-order chi connectivity index (χ1) is 14.7. The zero-order chi connectivity index (χ0) is 20.8. The van der Waals surface area contributed by atoms with Gasteiger partial charge >= 0.3 is 0 Å². The van der Waals surface area contributed by atoms with Gasteiger partial charge in [0.05, 0.1) is 13.2 Å². The van der Waals surface area contributed by atoms with Gasteiger partial charge in [-0.2, -0.15) is 0 Å². The Hall–Kier alpha value is -2.48. The van der Waals surface area contributed by atoms with Crippen molar-refractivity contribution in [1.82, 2.24) is 4.90 Å². The predicted octanol–water partition coefficient (Wildman–Crippen LogP) is 4.87. The molecular weight excluding hydrogens is 400 g/mol. The number of hydrogen-bond acceptors (Lipinski definition) is 6. The molecule has 1 atom stereocenters. The Bertz CT molecular complexity index is 921. The van der Waals surface area contributed by atoms with Crippen LogP contribution in [0, 0.1) is 10.1 Å². The molecule has 1 fully saturated rings. The molecule has 1 aliphatic rings. The Labute approximate surface area is 180 Å². The minimum atomic E-state index is -0.708. The zero-order valence-electron chi connectivity index (χ0n) is 16.8. The van der Waals surface area contributed by atoms with Crippen LogP contribution in [0.1, 0.15) is 29.2 Å². The average Bonchev–Trinajstić information content (AvgIpc) is 3.19. The van der Waals surface area contributed by atoms with E-state index < -0.39 is 11.2 Å². The SMILES string of the molecule is O=[N+]([O-])O[C@H](COCc1ccccc1)CN1CCC(c2cc3ccccc3s2)CC1. The van der Waals surface area contributed by atoms with Crippen LogP contribution in [0.25, 0.3) is 10.1 Å². The highest BCUT2D eigenvalue weighted by Crippen LogP contribution is 2.36. The molecular formula is C23H26N2O4S. The smallest absolute Gasteiger partial charge is 0.294 e. The van der Waals surface area contributed by atoms with Crippen LogP contribution in [0.2, 0.25) is 0 Å². The van der Waals surface area contributed by atoms with E-state index >= 15 is 0 Å². The molecule has 0 N–H and O–H groups in total. The molecule has 0 aliphatic carbocycles. The third kappa shape index (κ3) is 5.56. The fourth-order valence-corrected chi connectivity index (χ4v) is 5.25. The van der Waals surface area contributed by atoms with E-state index in [2.05, 4.69) is 35.2 Å². The van der Waals surface area contributed by atoms with Gasteiger partial charge in [0.15, 0.2) is 0 Å². The Kier molecular flexibility index (Phi) is 6.94. The standard InChI is InChI=1S/C23H26N2O4S/c26-25(27)29-21(17-28-16-18-6-2-1-3-7-18)15-24-12-10-19(11-13-24)23-14-20-8-4-5-9-22(20)30-23/h1-9,14,19,21H,10-13,15-17H2/t21-/m0/s1. The van der Waals surface area contributed by atoms with Crippen molar-refractivity contribution in [2.24, 2.45) is 0 Å². The summed E-state index contributed by atoms with van der Waals surface area (Å²) in [5.41, 5.74) is 1.04. The maximum Gasteiger partial charge on any atom is 0.294 e. The first-order valence-corrected chi connectivity index (χ1v) is 11.1. The van der Waals surface area contributed by atoms with E-state index in [0.717, 1.165) is 31.5 Å². The highest BCUT2D eigenvalue weighted by Gasteiger charge is 2.25. The molecule has 0 saturated carbocycles. The lowest BCUT2D eigenvalue weighted by molar-refractivity contribution is -0.769. The van der Waals surface area contributed by atoms with Gasteiger partial charge in [-0.15, -0.1) is 21.5 Å². The summed E-state index contributed by atoms with van der Waals surface area (Å²) in [6.07, 6.45) is 1.54. The fraction of sp³-hybridized carbons (Fsp3) is 0.391. The van der Waals surface area contributed by atoms with Crippen LogP contribution < -0.4 is 0 Å². The summed E-state index contributed by atoms with van der Waals surface area (Å²) in [4.78, 5) is 19.5. The van der Waals surface area contributed by atoms with Gasteiger partial charge in [-0.25, -0.2) is 0 Å². The van der Waals surface area contributed by atoms with Gasteiger partial charge in [-0.3, -0.25) is 0 Å². The number of hydrogen-bond donors (Lipinski definition) is 0. The third-order valence-corrected chi connectivity index (χ3v) is 6.83. The van der Waals surface area contributed by atoms with E-state index in [1.165, 1.54) is 15.0 Å². The molecule has 7 heteroatoms. The second-order valence-corrected chi connectivity index (χ2v) is 8.83. The van der Waals surface area contributed by atoms with E-state index in [-0.39, 0.29) is 6.61 Å². The first kappa shape index (κ1) is 20.8. The largest absolute Gasteiger partial charge is 0.374 e.